The maximum Gasteiger partial charge on any atom is 0.257 e. The number of aliphatic hydroxyl groups is 1. The van der Waals surface area contributed by atoms with E-state index in [1.807, 2.05) is 0 Å². The Morgan fingerprint density at radius 3 is 2.74 bits per heavy atom. The molecule has 0 saturated heterocycles. The normalized spacial score (nSPS) is 10.2. The third-order valence-electron chi connectivity index (χ3n) is 2.70. The van der Waals surface area contributed by atoms with E-state index in [0.29, 0.717) is 22.5 Å². The molecule has 1 amide bonds. The van der Waals surface area contributed by atoms with Crippen LogP contribution in [0.5, 0.6) is 0 Å². The molecule has 0 aliphatic heterocycles. The SMILES string of the molecule is Nc1ccc(Br)cc1C(=O)Nc1ccccc1CO. The number of para-hydroxylation sites is 1. The van der Waals surface area contributed by atoms with Crippen LogP contribution in [0.2, 0.25) is 0 Å². The molecular formula is C14H13BrN2O2. The lowest BCUT2D eigenvalue weighted by atomic mass is 10.1. The predicted octanol–water partition coefficient (Wildman–Crippen LogP) is 2.78. The van der Waals surface area contributed by atoms with Gasteiger partial charge in [0.25, 0.3) is 5.91 Å². The molecule has 4 N–H and O–H groups in total. The van der Waals surface area contributed by atoms with Crippen molar-refractivity contribution in [2.45, 2.75) is 6.61 Å². The first-order valence-corrected chi connectivity index (χ1v) is 6.46. The highest BCUT2D eigenvalue weighted by Gasteiger charge is 2.12. The number of benzene rings is 2. The third-order valence-corrected chi connectivity index (χ3v) is 3.19. The molecule has 2 rings (SSSR count). The molecule has 0 atom stereocenters. The second kappa shape index (κ2) is 5.86. The molecule has 0 aromatic heterocycles. The van der Waals surface area contributed by atoms with Crippen molar-refractivity contribution in [3.8, 4) is 0 Å². The van der Waals surface area contributed by atoms with Crippen LogP contribution in [-0.4, -0.2) is 11.0 Å². The average molecular weight is 321 g/mol. The van der Waals surface area contributed by atoms with E-state index in [-0.39, 0.29) is 12.5 Å². The minimum Gasteiger partial charge on any atom is -0.398 e. The van der Waals surface area contributed by atoms with Crippen LogP contribution in [0.15, 0.2) is 46.9 Å². The van der Waals surface area contributed by atoms with Crippen LogP contribution in [-0.2, 0) is 6.61 Å². The second-order valence-electron chi connectivity index (χ2n) is 4.00. The van der Waals surface area contributed by atoms with E-state index in [9.17, 15) is 9.90 Å². The zero-order chi connectivity index (χ0) is 13.8. The summed E-state index contributed by atoms with van der Waals surface area (Å²) in [6, 6.07) is 12.2. The van der Waals surface area contributed by atoms with Crippen LogP contribution in [0.25, 0.3) is 0 Å². The zero-order valence-electron chi connectivity index (χ0n) is 10.1. The number of aliphatic hydroxyl groups excluding tert-OH is 1. The summed E-state index contributed by atoms with van der Waals surface area (Å²) < 4.78 is 0.780. The summed E-state index contributed by atoms with van der Waals surface area (Å²) in [6.45, 7) is -0.135. The van der Waals surface area contributed by atoms with Gasteiger partial charge in [0.15, 0.2) is 0 Å². The molecule has 0 aliphatic carbocycles. The van der Waals surface area contributed by atoms with E-state index in [0.717, 1.165) is 4.47 Å². The van der Waals surface area contributed by atoms with Gasteiger partial charge in [0.1, 0.15) is 0 Å². The van der Waals surface area contributed by atoms with Gasteiger partial charge in [-0.3, -0.25) is 4.79 Å². The van der Waals surface area contributed by atoms with Gasteiger partial charge in [-0.2, -0.15) is 0 Å². The van der Waals surface area contributed by atoms with Crippen LogP contribution >= 0.6 is 15.9 Å². The Hall–Kier alpha value is -1.85. The fourth-order valence-corrected chi connectivity index (χ4v) is 2.06. The molecular weight excluding hydrogens is 308 g/mol. The number of nitrogens with two attached hydrogens (primary N) is 1. The van der Waals surface area contributed by atoms with E-state index >= 15 is 0 Å². The number of anilines is 2. The van der Waals surface area contributed by atoms with Gasteiger partial charge in [-0.1, -0.05) is 34.1 Å². The number of amides is 1. The van der Waals surface area contributed by atoms with Crippen molar-refractivity contribution in [1.82, 2.24) is 0 Å². The van der Waals surface area contributed by atoms with Gasteiger partial charge in [-0.25, -0.2) is 0 Å². The minimum atomic E-state index is -0.306. The quantitative estimate of drug-likeness (QED) is 0.761. The number of halogens is 1. The number of carbonyl (C=O) groups is 1. The molecule has 5 heteroatoms. The first-order chi connectivity index (χ1) is 9.11. The molecule has 0 aliphatic rings. The molecule has 0 spiro atoms. The van der Waals surface area contributed by atoms with Gasteiger partial charge in [0.05, 0.1) is 12.2 Å². The van der Waals surface area contributed by atoms with Crippen molar-refractivity contribution < 1.29 is 9.90 Å². The van der Waals surface area contributed by atoms with Gasteiger partial charge < -0.3 is 16.2 Å². The molecule has 0 unspecified atom stereocenters. The molecule has 0 radical (unpaired) electrons. The number of nitrogens with one attached hydrogen (secondary N) is 1. The Morgan fingerprint density at radius 2 is 2.00 bits per heavy atom. The van der Waals surface area contributed by atoms with Crippen LogP contribution in [0, 0.1) is 0 Å². The highest BCUT2D eigenvalue weighted by molar-refractivity contribution is 9.10. The van der Waals surface area contributed by atoms with Crippen molar-refractivity contribution in [1.29, 1.82) is 0 Å². The maximum absolute atomic E-state index is 12.2. The van der Waals surface area contributed by atoms with Gasteiger partial charge in [0.2, 0.25) is 0 Å². The van der Waals surface area contributed by atoms with Crippen molar-refractivity contribution in [2.24, 2.45) is 0 Å². The fourth-order valence-electron chi connectivity index (χ4n) is 1.69. The fraction of sp³-hybridized carbons (Fsp3) is 0.0714. The Bertz CT molecular complexity index is 614. The lowest BCUT2D eigenvalue weighted by Crippen LogP contribution is -2.15. The molecule has 0 fully saturated rings. The molecule has 2 aromatic rings. The van der Waals surface area contributed by atoms with Crippen LogP contribution < -0.4 is 11.1 Å². The van der Waals surface area contributed by atoms with E-state index in [2.05, 4.69) is 21.2 Å². The van der Waals surface area contributed by atoms with E-state index in [4.69, 9.17) is 5.73 Å². The zero-order valence-corrected chi connectivity index (χ0v) is 11.6. The highest BCUT2D eigenvalue weighted by Crippen LogP contribution is 2.21. The summed E-state index contributed by atoms with van der Waals surface area (Å²) in [4.78, 5) is 12.2. The summed E-state index contributed by atoms with van der Waals surface area (Å²) >= 11 is 3.30. The summed E-state index contributed by atoms with van der Waals surface area (Å²) in [5, 5.41) is 12.0. The molecule has 4 nitrogen and oxygen atoms in total. The lowest BCUT2D eigenvalue weighted by Gasteiger charge is -2.10. The van der Waals surface area contributed by atoms with Crippen LogP contribution in [0.4, 0.5) is 11.4 Å². The summed E-state index contributed by atoms with van der Waals surface area (Å²) in [5.74, 6) is -0.306. The van der Waals surface area contributed by atoms with Crippen molar-refractivity contribution >= 4 is 33.2 Å². The molecule has 0 saturated carbocycles. The predicted molar refractivity (Wildman–Crippen MR) is 78.9 cm³/mol. The van der Waals surface area contributed by atoms with Crippen molar-refractivity contribution in [3.05, 3.63) is 58.1 Å². The Labute approximate surface area is 119 Å². The molecule has 0 bridgehead atoms. The van der Waals surface area contributed by atoms with Gasteiger partial charge in [0, 0.05) is 21.4 Å². The minimum absolute atomic E-state index is 0.135. The highest BCUT2D eigenvalue weighted by atomic mass is 79.9. The largest absolute Gasteiger partial charge is 0.398 e. The number of rotatable bonds is 3. The molecule has 2 aromatic carbocycles. The van der Waals surface area contributed by atoms with E-state index in [1.54, 1.807) is 42.5 Å². The van der Waals surface area contributed by atoms with Crippen molar-refractivity contribution in [3.63, 3.8) is 0 Å². The number of hydrogen-bond donors (Lipinski definition) is 3. The molecule has 0 heterocycles. The summed E-state index contributed by atoms with van der Waals surface area (Å²) in [6.07, 6.45) is 0. The average Bonchev–Trinajstić information content (AvgIpc) is 2.42. The smallest absolute Gasteiger partial charge is 0.257 e. The van der Waals surface area contributed by atoms with Crippen molar-refractivity contribution in [2.75, 3.05) is 11.1 Å². The molecule has 98 valence electrons. The summed E-state index contributed by atoms with van der Waals surface area (Å²) in [7, 11) is 0. The van der Waals surface area contributed by atoms with E-state index in [1.165, 1.54) is 0 Å². The standard InChI is InChI=1S/C14H13BrN2O2/c15-10-5-6-12(16)11(7-10)14(19)17-13-4-2-1-3-9(13)8-18/h1-7,18H,8,16H2,(H,17,19). The number of nitrogen functional groups attached to an aromatic ring is 1. The maximum atomic E-state index is 12.2. The number of carbonyl (C=O) groups excluding carboxylic acids is 1. The Kier molecular flexibility index (Phi) is 4.19. The topological polar surface area (TPSA) is 75.4 Å². The van der Waals surface area contributed by atoms with Crippen LogP contribution in [0.3, 0.4) is 0 Å². The number of hydrogen-bond acceptors (Lipinski definition) is 3. The van der Waals surface area contributed by atoms with Gasteiger partial charge >= 0.3 is 0 Å². The lowest BCUT2D eigenvalue weighted by molar-refractivity contribution is 0.102. The first-order valence-electron chi connectivity index (χ1n) is 5.67. The Morgan fingerprint density at radius 1 is 1.26 bits per heavy atom. The monoisotopic (exact) mass is 320 g/mol. The van der Waals surface area contributed by atoms with Crippen LogP contribution in [0.1, 0.15) is 15.9 Å². The first kappa shape index (κ1) is 13.6. The second-order valence-corrected chi connectivity index (χ2v) is 4.92. The molecule has 19 heavy (non-hydrogen) atoms. The third kappa shape index (κ3) is 3.13. The van der Waals surface area contributed by atoms with Gasteiger partial charge in [-0.15, -0.1) is 0 Å². The van der Waals surface area contributed by atoms with Gasteiger partial charge in [-0.05, 0) is 24.3 Å². The summed E-state index contributed by atoms with van der Waals surface area (Å²) in [5.41, 5.74) is 7.81. The Balaban J connectivity index is 2.28. The van der Waals surface area contributed by atoms with E-state index < -0.39 is 0 Å².